The van der Waals surface area contributed by atoms with E-state index in [2.05, 4.69) is 41.6 Å². The minimum atomic E-state index is -0.264. The number of aromatic amines is 1. The Balaban J connectivity index is 1.60. The van der Waals surface area contributed by atoms with Gasteiger partial charge in [-0.2, -0.15) is 0 Å². The number of methoxy groups -OCH3 is 1. The molecule has 38 heavy (non-hydrogen) atoms. The van der Waals surface area contributed by atoms with Crippen LogP contribution < -0.4 is 5.56 Å². The van der Waals surface area contributed by atoms with E-state index in [0.29, 0.717) is 24.5 Å². The van der Waals surface area contributed by atoms with Crippen molar-refractivity contribution < 1.29 is 19.0 Å². The fourth-order valence-corrected chi connectivity index (χ4v) is 5.25. The second-order valence-corrected chi connectivity index (χ2v) is 10.9. The number of esters is 1. The SMILES string of the molecule is COC[C@H](C)OC(=O)[C@@H](CCc1ccc2c(c1)nc(-c1c[nH]c(=O)c(C)c1)n2CC1CCOCC1)C(C)C. The van der Waals surface area contributed by atoms with Crippen molar-refractivity contribution >= 4 is 17.0 Å². The van der Waals surface area contributed by atoms with Crippen LogP contribution in [0.25, 0.3) is 22.4 Å². The summed E-state index contributed by atoms with van der Waals surface area (Å²) in [4.78, 5) is 32.7. The number of carbonyl (C=O) groups excluding carboxylic acids is 1. The predicted octanol–water partition coefficient (Wildman–Crippen LogP) is 4.91. The minimum Gasteiger partial charge on any atom is -0.460 e. The number of hydrogen-bond acceptors (Lipinski definition) is 6. The summed E-state index contributed by atoms with van der Waals surface area (Å²) in [6.45, 7) is 10.6. The molecule has 1 aromatic carbocycles. The van der Waals surface area contributed by atoms with Crippen molar-refractivity contribution in [3.05, 3.63) is 51.9 Å². The second kappa shape index (κ2) is 12.7. The average Bonchev–Trinajstić information content (AvgIpc) is 3.23. The fourth-order valence-electron chi connectivity index (χ4n) is 5.25. The third kappa shape index (κ3) is 6.72. The van der Waals surface area contributed by atoms with Crippen LogP contribution in [0.4, 0.5) is 0 Å². The zero-order valence-corrected chi connectivity index (χ0v) is 23.3. The van der Waals surface area contributed by atoms with E-state index in [-0.39, 0.29) is 29.5 Å². The molecule has 0 spiro atoms. The van der Waals surface area contributed by atoms with Gasteiger partial charge in [0.05, 0.1) is 23.6 Å². The molecular formula is C30H41N3O5. The average molecular weight is 524 g/mol. The predicted molar refractivity (Wildman–Crippen MR) is 148 cm³/mol. The Kier molecular flexibility index (Phi) is 9.39. The number of nitrogens with zero attached hydrogens (tertiary/aromatic N) is 2. The van der Waals surface area contributed by atoms with Gasteiger partial charge < -0.3 is 23.8 Å². The highest BCUT2D eigenvalue weighted by Gasteiger charge is 2.26. The molecule has 8 heteroatoms. The largest absolute Gasteiger partial charge is 0.460 e. The van der Waals surface area contributed by atoms with E-state index >= 15 is 0 Å². The van der Waals surface area contributed by atoms with Crippen molar-refractivity contribution in [2.75, 3.05) is 26.9 Å². The van der Waals surface area contributed by atoms with Gasteiger partial charge in [-0.25, -0.2) is 4.98 Å². The molecule has 1 saturated heterocycles. The minimum absolute atomic E-state index is 0.0852. The van der Waals surface area contributed by atoms with Crippen molar-refractivity contribution in [1.82, 2.24) is 14.5 Å². The molecule has 4 rings (SSSR count). The van der Waals surface area contributed by atoms with Gasteiger partial charge in [0.25, 0.3) is 5.56 Å². The van der Waals surface area contributed by atoms with Crippen molar-refractivity contribution in [2.45, 2.75) is 66.0 Å². The molecule has 0 saturated carbocycles. The van der Waals surface area contributed by atoms with Crippen LogP contribution in [-0.4, -0.2) is 53.5 Å². The van der Waals surface area contributed by atoms with Gasteiger partial charge in [-0.3, -0.25) is 9.59 Å². The molecule has 0 aliphatic carbocycles. The molecule has 2 aromatic heterocycles. The number of hydrogen-bond donors (Lipinski definition) is 1. The number of nitrogens with one attached hydrogen (secondary N) is 1. The Morgan fingerprint density at radius 3 is 2.66 bits per heavy atom. The zero-order chi connectivity index (χ0) is 27.2. The van der Waals surface area contributed by atoms with Crippen molar-refractivity contribution in [3.8, 4) is 11.4 Å². The van der Waals surface area contributed by atoms with Gasteiger partial charge in [-0.1, -0.05) is 19.9 Å². The van der Waals surface area contributed by atoms with Crippen molar-refractivity contribution in [2.24, 2.45) is 17.8 Å². The van der Waals surface area contributed by atoms with E-state index in [1.165, 1.54) is 0 Å². The van der Waals surface area contributed by atoms with Crippen molar-refractivity contribution in [1.29, 1.82) is 0 Å². The van der Waals surface area contributed by atoms with Crippen LogP contribution in [0, 0.1) is 24.7 Å². The van der Waals surface area contributed by atoms with Gasteiger partial charge in [0.2, 0.25) is 0 Å². The summed E-state index contributed by atoms with van der Waals surface area (Å²) in [6.07, 6.45) is 5.00. The molecule has 3 heterocycles. The van der Waals surface area contributed by atoms with Gasteiger partial charge in [0, 0.05) is 44.2 Å². The lowest BCUT2D eigenvalue weighted by Crippen LogP contribution is -2.28. The summed E-state index contributed by atoms with van der Waals surface area (Å²) in [6, 6.07) is 8.32. The highest BCUT2D eigenvalue weighted by molar-refractivity contribution is 5.81. The highest BCUT2D eigenvalue weighted by atomic mass is 16.6. The number of pyridine rings is 1. The molecular weight excluding hydrogens is 482 g/mol. The molecule has 1 aliphatic rings. The van der Waals surface area contributed by atoms with E-state index in [9.17, 15) is 9.59 Å². The number of aryl methyl sites for hydroxylation is 2. The first-order valence-corrected chi connectivity index (χ1v) is 13.7. The summed E-state index contributed by atoms with van der Waals surface area (Å²) in [5.41, 5.74) is 4.62. The number of H-pyrrole nitrogens is 1. The topological polar surface area (TPSA) is 95.4 Å². The Morgan fingerprint density at radius 1 is 1.21 bits per heavy atom. The molecule has 0 radical (unpaired) electrons. The molecule has 1 N–H and O–H groups in total. The summed E-state index contributed by atoms with van der Waals surface area (Å²) >= 11 is 0. The molecule has 3 aromatic rings. The highest BCUT2D eigenvalue weighted by Crippen LogP contribution is 2.29. The van der Waals surface area contributed by atoms with Crippen LogP contribution in [-0.2, 0) is 32.0 Å². The second-order valence-electron chi connectivity index (χ2n) is 10.9. The van der Waals surface area contributed by atoms with Gasteiger partial charge in [-0.05, 0) is 75.1 Å². The Morgan fingerprint density at radius 2 is 1.97 bits per heavy atom. The molecule has 0 amide bonds. The first kappa shape index (κ1) is 28.0. The third-order valence-electron chi connectivity index (χ3n) is 7.51. The summed E-state index contributed by atoms with van der Waals surface area (Å²) in [7, 11) is 1.61. The van der Waals surface area contributed by atoms with Crippen LogP contribution in [0.15, 0.2) is 35.3 Å². The first-order chi connectivity index (χ1) is 18.3. The third-order valence-corrected chi connectivity index (χ3v) is 7.51. The maximum atomic E-state index is 12.8. The van der Waals surface area contributed by atoms with Crippen molar-refractivity contribution in [3.63, 3.8) is 0 Å². The summed E-state index contributed by atoms with van der Waals surface area (Å²) in [5, 5.41) is 0. The van der Waals surface area contributed by atoms with Crippen LogP contribution in [0.1, 0.15) is 51.2 Å². The molecule has 1 aliphatic heterocycles. The van der Waals surface area contributed by atoms with E-state index in [4.69, 9.17) is 19.2 Å². The smallest absolute Gasteiger partial charge is 0.309 e. The van der Waals surface area contributed by atoms with E-state index in [0.717, 1.165) is 67.0 Å². The zero-order valence-electron chi connectivity index (χ0n) is 23.3. The lowest BCUT2D eigenvalue weighted by molar-refractivity contribution is -0.157. The number of ether oxygens (including phenoxy) is 3. The van der Waals surface area contributed by atoms with Crippen LogP contribution >= 0.6 is 0 Å². The fraction of sp³-hybridized carbons (Fsp3) is 0.567. The first-order valence-electron chi connectivity index (χ1n) is 13.7. The Labute approximate surface area is 224 Å². The van der Waals surface area contributed by atoms with Gasteiger partial charge >= 0.3 is 5.97 Å². The number of imidazole rings is 1. The Bertz CT molecular complexity index is 1290. The number of rotatable bonds is 11. The van der Waals surface area contributed by atoms with Crippen LogP contribution in [0.2, 0.25) is 0 Å². The number of fused-ring (bicyclic) bond motifs is 1. The summed E-state index contributed by atoms with van der Waals surface area (Å²) < 4.78 is 18.6. The molecule has 206 valence electrons. The maximum absolute atomic E-state index is 12.8. The van der Waals surface area contributed by atoms with Gasteiger partial charge in [-0.15, -0.1) is 0 Å². The monoisotopic (exact) mass is 523 g/mol. The van der Waals surface area contributed by atoms with Crippen LogP contribution in [0.5, 0.6) is 0 Å². The molecule has 1 fully saturated rings. The number of carbonyl (C=O) groups is 1. The molecule has 0 unspecified atom stereocenters. The van der Waals surface area contributed by atoms with E-state index in [1.807, 2.05) is 19.9 Å². The number of aromatic nitrogens is 3. The van der Waals surface area contributed by atoms with Crippen LogP contribution in [0.3, 0.4) is 0 Å². The molecule has 2 atom stereocenters. The molecule has 0 bridgehead atoms. The van der Waals surface area contributed by atoms with Gasteiger partial charge in [0.15, 0.2) is 0 Å². The number of benzene rings is 1. The Hall–Kier alpha value is -2.97. The quantitative estimate of drug-likeness (QED) is 0.359. The maximum Gasteiger partial charge on any atom is 0.309 e. The lowest BCUT2D eigenvalue weighted by Gasteiger charge is -2.23. The normalized spacial score (nSPS) is 16.2. The standard InChI is InChI=1S/C30H41N3O5/c1-19(2)25(30(35)38-21(4)18-36-5)8-6-22-7-9-27-26(15-22)32-28(24-14-20(3)29(34)31-16-24)33(27)17-23-10-12-37-13-11-23/h7,9,14-16,19,21,23,25H,6,8,10-13,17-18H2,1-5H3,(H,31,34)/t21-,25-/m0/s1. The summed E-state index contributed by atoms with van der Waals surface area (Å²) in [5.74, 6) is 1.20. The van der Waals surface area contributed by atoms with E-state index < -0.39 is 0 Å². The van der Waals surface area contributed by atoms with E-state index in [1.54, 1.807) is 13.3 Å². The molecule has 8 nitrogen and oxygen atoms in total. The lowest BCUT2D eigenvalue weighted by atomic mass is 9.89. The van der Waals surface area contributed by atoms with Gasteiger partial charge in [0.1, 0.15) is 11.9 Å².